The monoisotopic (exact) mass is 302 g/mol. The van der Waals surface area contributed by atoms with Gasteiger partial charge in [-0.15, -0.1) is 0 Å². The van der Waals surface area contributed by atoms with E-state index >= 15 is 0 Å². The zero-order chi connectivity index (χ0) is 14.9. The summed E-state index contributed by atoms with van der Waals surface area (Å²) in [5.74, 6) is 1.99. The second-order valence-electron chi connectivity index (χ2n) is 6.39. The Morgan fingerprint density at radius 3 is 2.81 bits per heavy atom. The van der Waals surface area contributed by atoms with Gasteiger partial charge in [0.2, 0.25) is 0 Å². The SMILES string of the molecule is CC(=O)c1ccc(NC2=NC3(CCCC(C)C3)CS2)cc1. The van der Waals surface area contributed by atoms with E-state index in [-0.39, 0.29) is 11.3 Å². The van der Waals surface area contributed by atoms with Gasteiger partial charge in [-0.3, -0.25) is 9.79 Å². The van der Waals surface area contributed by atoms with Crippen molar-refractivity contribution >= 4 is 28.4 Å². The van der Waals surface area contributed by atoms with Crippen LogP contribution in [-0.4, -0.2) is 22.2 Å². The number of Topliss-reactive ketones (excluding diaryl/α,β-unsaturated/α-hetero) is 1. The van der Waals surface area contributed by atoms with Gasteiger partial charge in [-0.1, -0.05) is 31.5 Å². The molecule has 0 amide bonds. The summed E-state index contributed by atoms with van der Waals surface area (Å²) in [7, 11) is 0. The molecule has 3 rings (SSSR count). The number of nitrogens with zero attached hydrogens (tertiary/aromatic N) is 1. The molecule has 2 aliphatic rings. The van der Waals surface area contributed by atoms with E-state index in [4.69, 9.17) is 4.99 Å². The van der Waals surface area contributed by atoms with E-state index < -0.39 is 0 Å². The number of carbonyl (C=O) groups is 1. The Bertz CT molecular complexity index is 567. The molecule has 1 aromatic carbocycles. The zero-order valence-electron chi connectivity index (χ0n) is 12.7. The molecule has 3 nitrogen and oxygen atoms in total. The number of thioether (sulfide) groups is 1. The summed E-state index contributed by atoms with van der Waals surface area (Å²) >= 11 is 1.83. The lowest BCUT2D eigenvalue weighted by atomic mass is 9.78. The van der Waals surface area contributed by atoms with Crippen molar-refractivity contribution in [2.75, 3.05) is 11.1 Å². The Kier molecular flexibility index (Phi) is 4.07. The molecule has 112 valence electrons. The van der Waals surface area contributed by atoms with E-state index in [2.05, 4.69) is 12.2 Å². The predicted molar refractivity (Wildman–Crippen MR) is 90.3 cm³/mol. The van der Waals surface area contributed by atoms with E-state index in [1.165, 1.54) is 25.7 Å². The first-order valence-corrected chi connectivity index (χ1v) is 8.66. The van der Waals surface area contributed by atoms with Gasteiger partial charge in [-0.25, -0.2) is 0 Å². The molecule has 1 heterocycles. The first kappa shape index (κ1) is 14.6. The molecular formula is C17H22N2OS. The van der Waals surface area contributed by atoms with E-state index in [1.807, 2.05) is 36.0 Å². The number of benzene rings is 1. The molecule has 0 bridgehead atoms. The first-order chi connectivity index (χ1) is 10.1. The number of hydrogen-bond donors (Lipinski definition) is 1. The topological polar surface area (TPSA) is 41.5 Å². The van der Waals surface area contributed by atoms with Crippen molar-refractivity contribution in [3.8, 4) is 0 Å². The molecule has 1 aliphatic carbocycles. The van der Waals surface area contributed by atoms with Gasteiger partial charge in [-0.2, -0.15) is 0 Å². The Morgan fingerprint density at radius 1 is 1.38 bits per heavy atom. The summed E-state index contributed by atoms with van der Waals surface area (Å²) < 4.78 is 0. The number of aliphatic imine (C=N–C) groups is 1. The highest BCUT2D eigenvalue weighted by Gasteiger charge is 2.39. The fraction of sp³-hybridized carbons (Fsp3) is 0.529. The van der Waals surface area contributed by atoms with Crippen molar-refractivity contribution < 1.29 is 4.79 Å². The third kappa shape index (κ3) is 3.31. The molecule has 4 heteroatoms. The van der Waals surface area contributed by atoms with Crippen LogP contribution >= 0.6 is 11.8 Å². The minimum absolute atomic E-state index is 0.101. The summed E-state index contributed by atoms with van der Waals surface area (Å²) in [4.78, 5) is 16.3. The maximum absolute atomic E-state index is 11.3. The smallest absolute Gasteiger partial charge is 0.161 e. The molecule has 1 N–H and O–H groups in total. The van der Waals surface area contributed by atoms with Crippen LogP contribution in [0.1, 0.15) is 49.9 Å². The Morgan fingerprint density at radius 2 is 2.14 bits per heavy atom. The predicted octanol–water partition coefficient (Wildman–Crippen LogP) is 4.35. The summed E-state index contributed by atoms with van der Waals surface area (Å²) in [5, 5.41) is 4.42. The fourth-order valence-electron chi connectivity index (χ4n) is 3.32. The minimum Gasteiger partial charge on any atom is -0.335 e. The standard InChI is InChI=1S/C17H22N2OS/c1-12-4-3-9-17(10-12)11-21-16(19-17)18-15-7-5-14(6-8-15)13(2)20/h5-8,12H,3-4,9-11H2,1-2H3,(H,18,19). The van der Waals surface area contributed by atoms with Gasteiger partial charge in [0, 0.05) is 17.0 Å². The van der Waals surface area contributed by atoms with Crippen molar-refractivity contribution in [3.05, 3.63) is 29.8 Å². The molecule has 0 radical (unpaired) electrons. The second-order valence-corrected chi connectivity index (χ2v) is 7.35. The molecule has 1 aromatic rings. The third-order valence-electron chi connectivity index (χ3n) is 4.43. The Balaban J connectivity index is 1.69. The van der Waals surface area contributed by atoms with Crippen LogP contribution in [0.25, 0.3) is 0 Å². The van der Waals surface area contributed by atoms with E-state index in [0.717, 1.165) is 28.1 Å². The normalized spacial score (nSPS) is 28.5. The quantitative estimate of drug-likeness (QED) is 0.826. The molecular weight excluding hydrogens is 280 g/mol. The van der Waals surface area contributed by atoms with Gasteiger partial charge in [0.25, 0.3) is 0 Å². The molecule has 0 saturated heterocycles. The van der Waals surface area contributed by atoms with Crippen LogP contribution in [-0.2, 0) is 0 Å². The Labute approximate surface area is 130 Å². The minimum atomic E-state index is 0.101. The Hall–Kier alpha value is -1.29. The number of amidine groups is 1. The van der Waals surface area contributed by atoms with Gasteiger partial charge in [0.15, 0.2) is 11.0 Å². The second kappa shape index (κ2) is 5.84. The average molecular weight is 302 g/mol. The number of hydrogen-bond acceptors (Lipinski definition) is 4. The zero-order valence-corrected chi connectivity index (χ0v) is 13.5. The summed E-state index contributed by atoms with van der Waals surface area (Å²) in [5.41, 5.74) is 1.93. The van der Waals surface area contributed by atoms with E-state index in [0.29, 0.717) is 0 Å². The van der Waals surface area contributed by atoms with E-state index in [1.54, 1.807) is 6.92 Å². The molecule has 1 saturated carbocycles. The lowest BCUT2D eigenvalue weighted by Crippen LogP contribution is -2.33. The van der Waals surface area contributed by atoms with Crippen molar-refractivity contribution in [2.24, 2.45) is 10.9 Å². The molecule has 2 atom stereocenters. The van der Waals surface area contributed by atoms with Crippen LogP contribution < -0.4 is 5.32 Å². The highest BCUT2D eigenvalue weighted by atomic mass is 32.2. The van der Waals surface area contributed by atoms with E-state index in [9.17, 15) is 4.79 Å². The molecule has 21 heavy (non-hydrogen) atoms. The lowest BCUT2D eigenvalue weighted by Gasteiger charge is -2.33. The highest BCUT2D eigenvalue weighted by Crippen LogP contribution is 2.42. The van der Waals surface area contributed by atoms with Crippen LogP contribution in [0.3, 0.4) is 0 Å². The van der Waals surface area contributed by atoms with Crippen molar-refractivity contribution in [1.82, 2.24) is 0 Å². The van der Waals surface area contributed by atoms with Gasteiger partial charge in [0.05, 0.1) is 5.54 Å². The van der Waals surface area contributed by atoms with Crippen molar-refractivity contribution in [1.29, 1.82) is 0 Å². The number of rotatable bonds is 2. The van der Waals surface area contributed by atoms with Gasteiger partial charge in [-0.05, 0) is 49.9 Å². The van der Waals surface area contributed by atoms with Gasteiger partial charge in [0.1, 0.15) is 0 Å². The number of carbonyl (C=O) groups excluding carboxylic acids is 1. The van der Waals surface area contributed by atoms with Crippen LogP contribution in [0.5, 0.6) is 0 Å². The largest absolute Gasteiger partial charge is 0.335 e. The number of ketones is 1. The van der Waals surface area contributed by atoms with Gasteiger partial charge < -0.3 is 5.32 Å². The van der Waals surface area contributed by atoms with Crippen LogP contribution in [0, 0.1) is 5.92 Å². The van der Waals surface area contributed by atoms with Crippen LogP contribution in [0.4, 0.5) is 5.69 Å². The number of nitrogens with one attached hydrogen (secondary N) is 1. The first-order valence-electron chi connectivity index (χ1n) is 7.67. The third-order valence-corrected chi connectivity index (χ3v) is 5.57. The van der Waals surface area contributed by atoms with Crippen LogP contribution in [0.15, 0.2) is 29.3 Å². The molecule has 2 unspecified atom stereocenters. The average Bonchev–Trinajstić information content (AvgIpc) is 2.81. The molecule has 0 aromatic heterocycles. The number of anilines is 1. The summed E-state index contributed by atoms with van der Waals surface area (Å²) in [6, 6.07) is 7.63. The van der Waals surface area contributed by atoms with Gasteiger partial charge >= 0.3 is 0 Å². The van der Waals surface area contributed by atoms with Crippen molar-refractivity contribution in [3.63, 3.8) is 0 Å². The molecule has 1 spiro atoms. The molecule has 1 aliphatic heterocycles. The summed E-state index contributed by atoms with van der Waals surface area (Å²) in [6.45, 7) is 3.93. The van der Waals surface area contributed by atoms with Crippen molar-refractivity contribution in [2.45, 2.75) is 45.1 Å². The highest BCUT2D eigenvalue weighted by molar-refractivity contribution is 8.14. The maximum Gasteiger partial charge on any atom is 0.161 e. The maximum atomic E-state index is 11.3. The fourth-order valence-corrected chi connectivity index (χ4v) is 4.50. The van der Waals surface area contributed by atoms with Crippen LogP contribution in [0.2, 0.25) is 0 Å². The lowest BCUT2D eigenvalue weighted by molar-refractivity contribution is 0.101. The summed E-state index contributed by atoms with van der Waals surface area (Å²) in [6.07, 6.45) is 5.08. The molecule has 1 fully saturated rings.